The molecule has 0 aliphatic heterocycles. The first-order chi connectivity index (χ1) is 12.6. The number of fused-ring (bicyclic) bond motifs is 1. The average molecular weight is 367 g/mol. The number of amides is 1. The molecule has 0 saturated carbocycles. The molecule has 0 radical (unpaired) electrons. The van der Waals surface area contributed by atoms with Crippen molar-refractivity contribution in [1.82, 2.24) is 0 Å². The fourth-order valence-corrected chi connectivity index (χ4v) is 3.34. The minimum Gasteiger partial charge on any atom is -0.491 e. The van der Waals surface area contributed by atoms with E-state index in [1.54, 1.807) is 11.8 Å². The van der Waals surface area contributed by atoms with Gasteiger partial charge in [0.2, 0.25) is 5.91 Å². The summed E-state index contributed by atoms with van der Waals surface area (Å²) in [4.78, 5) is 12.0. The van der Waals surface area contributed by atoms with Crippen LogP contribution in [0.3, 0.4) is 0 Å². The molecule has 3 aromatic rings. The highest BCUT2D eigenvalue weighted by Crippen LogP contribution is 2.23. The highest BCUT2D eigenvalue weighted by molar-refractivity contribution is 7.99. The van der Waals surface area contributed by atoms with Crippen molar-refractivity contribution in [3.63, 3.8) is 0 Å². The van der Waals surface area contributed by atoms with Crippen molar-refractivity contribution in [2.45, 2.75) is 17.9 Å². The Balaban J connectivity index is 1.47. The van der Waals surface area contributed by atoms with Crippen LogP contribution in [0.5, 0.6) is 5.75 Å². The molecule has 3 rings (SSSR count). The molecule has 1 atom stereocenters. The molecule has 134 valence electrons. The van der Waals surface area contributed by atoms with Crippen molar-refractivity contribution in [2.24, 2.45) is 0 Å². The molecule has 0 aliphatic carbocycles. The van der Waals surface area contributed by atoms with Gasteiger partial charge in [-0.3, -0.25) is 4.79 Å². The van der Waals surface area contributed by atoms with Crippen molar-refractivity contribution in [3.8, 4) is 5.75 Å². The van der Waals surface area contributed by atoms with E-state index in [4.69, 9.17) is 4.74 Å². The summed E-state index contributed by atoms with van der Waals surface area (Å²) in [6.07, 6.45) is -0.568. The smallest absolute Gasteiger partial charge is 0.221 e. The number of ether oxygens (including phenoxy) is 1. The van der Waals surface area contributed by atoms with E-state index in [-0.39, 0.29) is 12.5 Å². The van der Waals surface area contributed by atoms with Crippen LogP contribution in [0.4, 0.5) is 5.69 Å². The van der Waals surface area contributed by atoms with Gasteiger partial charge in [-0.25, -0.2) is 0 Å². The summed E-state index contributed by atoms with van der Waals surface area (Å²) in [5, 5.41) is 15.2. The molecule has 4 nitrogen and oxygen atoms in total. The Kier molecular flexibility index (Phi) is 6.15. The van der Waals surface area contributed by atoms with Gasteiger partial charge < -0.3 is 15.2 Å². The third-order valence-corrected chi connectivity index (χ3v) is 4.94. The van der Waals surface area contributed by atoms with Gasteiger partial charge in [-0.15, -0.1) is 11.8 Å². The summed E-state index contributed by atoms with van der Waals surface area (Å²) < 4.78 is 5.72. The lowest BCUT2D eigenvalue weighted by atomic mass is 10.1. The van der Waals surface area contributed by atoms with Crippen molar-refractivity contribution in [3.05, 3.63) is 66.7 Å². The summed E-state index contributed by atoms with van der Waals surface area (Å²) in [6, 6.07) is 21.6. The number of aliphatic hydroxyl groups excluding tert-OH is 1. The van der Waals surface area contributed by atoms with E-state index in [1.165, 1.54) is 12.3 Å². The Morgan fingerprint density at radius 3 is 2.54 bits per heavy atom. The molecule has 26 heavy (non-hydrogen) atoms. The van der Waals surface area contributed by atoms with Gasteiger partial charge in [0.1, 0.15) is 12.4 Å². The minimum absolute atomic E-state index is 0.0911. The van der Waals surface area contributed by atoms with Crippen LogP contribution in [0.2, 0.25) is 0 Å². The Morgan fingerprint density at radius 2 is 1.81 bits per heavy atom. The Hall–Kier alpha value is -2.50. The summed E-state index contributed by atoms with van der Waals surface area (Å²) in [6.45, 7) is 1.73. The standard InChI is InChI=1S/C21H21NO3S/c1-15(23)22-18-7-10-21(11-8-18)26-14-19(24)13-25-20-9-6-16-4-2-3-5-17(16)12-20/h2-12,19,24H,13-14H2,1H3,(H,22,23). The topological polar surface area (TPSA) is 58.6 Å². The zero-order valence-electron chi connectivity index (χ0n) is 14.5. The summed E-state index contributed by atoms with van der Waals surface area (Å²) in [5.74, 6) is 1.20. The van der Waals surface area contributed by atoms with Gasteiger partial charge >= 0.3 is 0 Å². The average Bonchev–Trinajstić information content (AvgIpc) is 2.65. The van der Waals surface area contributed by atoms with Crippen LogP contribution in [0.25, 0.3) is 10.8 Å². The zero-order valence-corrected chi connectivity index (χ0v) is 15.3. The first-order valence-electron chi connectivity index (χ1n) is 8.40. The highest BCUT2D eigenvalue weighted by Gasteiger charge is 2.07. The van der Waals surface area contributed by atoms with Crippen LogP contribution in [0.15, 0.2) is 71.6 Å². The fraction of sp³-hybridized carbons (Fsp3) is 0.190. The zero-order chi connectivity index (χ0) is 18.4. The van der Waals surface area contributed by atoms with Gasteiger partial charge in [0, 0.05) is 23.3 Å². The van der Waals surface area contributed by atoms with Gasteiger partial charge in [-0.1, -0.05) is 30.3 Å². The molecule has 0 fully saturated rings. The fourth-order valence-electron chi connectivity index (χ4n) is 2.53. The maximum absolute atomic E-state index is 11.0. The molecule has 5 heteroatoms. The summed E-state index contributed by atoms with van der Waals surface area (Å²) in [5.41, 5.74) is 0.766. The number of rotatable bonds is 7. The van der Waals surface area contributed by atoms with Crippen molar-refractivity contribution in [2.75, 3.05) is 17.7 Å². The van der Waals surface area contributed by atoms with Gasteiger partial charge in [-0.2, -0.15) is 0 Å². The largest absolute Gasteiger partial charge is 0.491 e. The van der Waals surface area contributed by atoms with Gasteiger partial charge in [-0.05, 0) is 47.2 Å². The van der Waals surface area contributed by atoms with E-state index in [0.717, 1.165) is 21.7 Å². The third kappa shape index (κ3) is 5.25. The predicted octanol–water partition coefficient (Wildman–Crippen LogP) is 4.33. The molecule has 0 aliphatic rings. The molecular weight excluding hydrogens is 346 g/mol. The van der Waals surface area contributed by atoms with E-state index in [9.17, 15) is 9.90 Å². The molecule has 0 saturated heterocycles. The maximum Gasteiger partial charge on any atom is 0.221 e. The Bertz CT molecular complexity index is 880. The quantitative estimate of drug-likeness (QED) is 0.610. The Labute approximate surface area is 157 Å². The lowest BCUT2D eigenvalue weighted by Gasteiger charge is -2.13. The number of carbonyl (C=O) groups excluding carboxylic acids is 1. The number of benzene rings is 3. The molecule has 0 spiro atoms. The molecule has 3 aromatic carbocycles. The van der Waals surface area contributed by atoms with E-state index < -0.39 is 6.10 Å². The van der Waals surface area contributed by atoms with Gasteiger partial charge in [0.05, 0.1) is 6.10 Å². The number of aliphatic hydroxyl groups is 1. The van der Waals surface area contributed by atoms with E-state index in [1.807, 2.05) is 60.7 Å². The van der Waals surface area contributed by atoms with Crippen LogP contribution in [0.1, 0.15) is 6.92 Å². The van der Waals surface area contributed by atoms with E-state index in [2.05, 4.69) is 11.4 Å². The minimum atomic E-state index is -0.568. The second-order valence-electron chi connectivity index (χ2n) is 5.99. The van der Waals surface area contributed by atoms with Crippen LogP contribution in [0, 0.1) is 0 Å². The van der Waals surface area contributed by atoms with Crippen LogP contribution < -0.4 is 10.1 Å². The van der Waals surface area contributed by atoms with E-state index >= 15 is 0 Å². The normalized spacial score (nSPS) is 11.9. The number of carbonyl (C=O) groups is 1. The third-order valence-electron chi connectivity index (χ3n) is 3.78. The Morgan fingerprint density at radius 1 is 1.08 bits per heavy atom. The molecule has 0 aromatic heterocycles. The SMILES string of the molecule is CC(=O)Nc1ccc(SCC(O)COc2ccc3ccccc3c2)cc1. The second kappa shape index (κ2) is 8.74. The number of nitrogens with one attached hydrogen (secondary N) is 1. The predicted molar refractivity (Wildman–Crippen MR) is 107 cm³/mol. The maximum atomic E-state index is 11.0. The van der Waals surface area contributed by atoms with Crippen LogP contribution >= 0.6 is 11.8 Å². The summed E-state index contributed by atoms with van der Waals surface area (Å²) in [7, 11) is 0. The van der Waals surface area contributed by atoms with Crippen LogP contribution in [-0.2, 0) is 4.79 Å². The van der Waals surface area contributed by atoms with Gasteiger partial charge in [0.25, 0.3) is 0 Å². The number of hydrogen-bond acceptors (Lipinski definition) is 4. The lowest BCUT2D eigenvalue weighted by molar-refractivity contribution is -0.114. The molecular formula is C21H21NO3S. The molecule has 0 bridgehead atoms. The first-order valence-corrected chi connectivity index (χ1v) is 9.39. The van der Waals surface area contributed by atoms with Crippen molar-refractivity contribution in [1.29, 1.82) is 0 Å². The van der Waals surface area contributed by atoms with Crippen molar-refractivity contribution >= 4 is 34.1 Å². The number of thioether (sulfide) groups is 1. The highest BCUT2D eigenvalue weighted by atomic mass is 32.2. The summed E-state index contributed by atoms with van der Waals surface area (Å²) >= 11 is 1.55. The van der Waals surface area contributed by atoms with E-state index in [0.29, 0.717) is 5.75 Å². The van der Waals surface area contributed by atoms with Crippen LogP contribution in [-0.4, -0.2) is 29.5 Å². The lowest BCUT2D eigenvalue weighted by Crippen LogP contribution is -2.20. The van der Waals surface area contributed by atoms with Crippen molar-refractivity contribution < 1.29 is 14.6 Å². The monoisotopic (exact) mass is 367 g/mol. The number of anilines is 1. The second-order valence-corrected chi connectivity index (χ2v) is 7.08. The molecule has 0 heterocycles. The molecule has 1 amide bonds. The number of hydrogen-bond donors (Lipinski definition) is 2. The first kappa shape index (κ1) is 18.3. The van der Waals surface area contributed by atoms with Gasteiger partial charge in [0.15, 0.2) is 0 Å². The molecule has 1 unspecified atom stereocenters. The molecule has 2 N–H and O–H groups in total.